The summed E-state index contributed by atoms with van der Waals surface area (Å²) < 4.78 is 27.1. The van der Waals surface area contributed by atoms with Crippen molar-refractivity contribution in [3.05, 3.63) is 18.0 Å². The molecule has 1 saturated heterocycles. The zero-order valence-electron chi connectivity index (χ0n) is 12.5. The molecule has 1 saturated carbocycles. The first-order valence-corrected chi connectivity index (χ1v) is 9.89. The third kappa shape index (κ3) is 3.64. The molecule has 2 unspecified atom stereocenters. The van der Waals surface area contributed by atoms with Crippen molar-refractivity contribution in [3.63, 3.8) is 0 Å². The van der Waals surface area contributed by atoms with Crippen molar-refractivity contribution in [2.75, 3.05) is 13.1 Å². The van der Waals surface area contributed by atoms with Crippen molar-refractivity contribution < 1.29 is 8.42 Å². The normalized spacial score (nSPS) is 27.9. The van der Waals surface area contributed by atoms with Crippen molar-refractivity contribution in [1.29, 1.82) is 0 Å². The Morgan fingerprint density at radius 1 is 1.33 bits per heavy atom. The van der Waals surface area contributed by atoms with Crippen LogP contribution in [0.2, 0.25) is 0 Å². The van der Waals surface area contributed by atoms with Crippen molar-refractivity contribution in [1.82, 2.24) is 14.6 Å². The molecule has 118 valence electrons. The maximum atomic E-state index is 12.7. The van der Waals surface area contributed by atoms with Crippen LogP contribution in [0, 0.1) is 0 Å². The molecule has 0 radical (unpaired) electrons. The van der Waals surface area contributed by atoms with E-state index in [2.05, 4.69) is 24.1 Å². The summed E-state index contributed by atoms with van der Waals surface area (Å²) in [4.78, 5) is 3.47. The van der Waals surface area contributed by atoms with Gasteiger partial charge < -0.3 is 10.3 Å². The molecule has 1 aliphatic heterocycles. The number of aromatic amines is 1. The van der Waals surface area contributed by atoms with Gasteiger partial charge in [0.05, 0.1) is 4.90 Å². The topological polar surface area (TPSA) is 65.2 Å². The summed E-state index contributed by atoms with van der Waals surface area (Å²) in [7, 11) is -3.37. The number of hydrogen-bond donors (Lipinski definition) is 2. The van der Waals surface area contributed by atoms with Gasteiger partial charge in [0, 0.05) is 48.1 Å². The molecule has 0 amide bonds. The Bertz CT molecular complexity index is 585. The third-order valence-corrected chi connectivity index (χ3v) is 6.94. The summed E-state index contributed by atoms with van der Waals surface area (Å²) in [6, 6.07) is 2.39. The molecular formula is C14H23N3O2S2. The lowest BCUT2D eigenvalue weighted by Crippen LogP contribution is -2.43. The van der Waals surface area contributed by atoms with Crippen LogP contribution in [0.5, 0.6) is 0 Å². The van der Waals surface area contributed by atoms with Crippen LogP contribution in [0.4, 0.5) is 0 Å². The summed E-state index contributed by atoms with van der Waals surface area (Å²) in [6.45, 7) is 6.08. The Hall–Kier alpha value is -0.500. The predicted molar refractivity (Wildman–Crippen MR) is 85.9 cm³/mol. The average Bonchev–Trinajstić information content (AvgIpc) is 3.11. The van der Waals surface area contributed by atoms with Gasteiger partial charge >= 0.3 is 0 Å². The van der Waals surface area contributed by atoms with Gasteiger partial charge in [0.2, 0.25) is 10.0 Å². The fourth-order valence-corrected chi connectivity index (χ4v) is 5.84. The molecule has 2 N–H and O–H groups in total. The third-order valence-electron chi connectivity index (χ3n) is 3.90. The second kappa shape index (κ2) is 5.95. The smallest absolute Gasteiger partial charge is 0.244 e. The first-order valence-electron chi connectivity index (χ1n) is 7.51. The maximum Gasteiger partial charge on any atom is 0.244 e. The van der Waals surface area contributed by atoms with Gasteiger partial charge in [-0.2, -0.15) is 16.1 Å². The molecule has 0 spiro atoms. The quantitative estimate of drug-likeness (QED) is 0.864. The highest BCUT2D eigenvalue weighted by atomic mass is 32.2. The van der Waals surface area contributed by atoms with E-state index in [9.17, 15) is 8.42 Å². The fraction of sp³-hybridized carbons (Fsp3) is 0.714. The Balaban J connectivity index is 1.71. The van der Waals surface area contributed by atoms with Crippen molar-refractivity contribution in [2.45, 2.75) is 54.7 Å². The van der Waals surface area contributed by atoms with Crippen LogP contribution in [0.3, 0.4) is 0 Å². The number of hydrogen-bond acceptors (Lipinski definition) is 4. The molecule has 1 aromatic heterocycles. The Morgan fingerprint density at radius 3 is 2.62 bits per heavy atom. The van der Waals surface area contributed by atoms with Gasteiger partial charge in [-0.3, -0.25) is 0 Å². The Morgan fingerprint density at radius 2 is 2.00 bits per heavy atom. The zero-order valence-corrected chi connectivity index (χ0v) is 14.1. The van der Waals surface area contributed by atoms with Crippen LogP contribution in [0.1, 0.15) is 32.4 Å². The van der Waals surface area contributed by atoms with Gasteiger partial charge in [0.1, 0.15) is 0 Å². The SMILES string of the molecule is CC1CN(S(=O)(=O)c2c[nH]c(CNC3CC3)c2)CC(C)S1. The molecule has 2 aliphatic rings. The summed E-state index contributed by atoms with van der Waals surface area (Å²) in [5.41, 5.74) is 0.938. The number of nitrogens with one attached hydrogen (secondary N) is 2. The van der Waals surface area contributed by atoms with Gasteiger partial charge in [-0.15, -0.1) is 0 Å². The van der Waals surface area contributed by atoms with Gasteiger partial charge in [0.25, 0.3) is 0 Å². The van der Waals surface area contributed by atoms with Crippen LogP contribution in [-0.2, 0) is 16.6 Å². The van der Waals surface area contributed by atoms with E-state index >= 15 is 0 Å². The van der Waals surface area contributed by atoms with Gasteiger partial charge in [0.15, 0.2) is 0 Å². The zero-order chi connectivity index (χ0) is 15.0. The minimum absolute atomic E-state index is 0.346. The highest BCUT2D eigenvalue weighted by molar-refractivity contribution is 8.00. The highest BCUT2D eigenvalue weighted by Gasteiger charge is 2.32. The molecule has 1 aliphatic carbocycles. The van der Waals surface area contributed by atoms with Gasteiger partial charge in [-0.25, -0.2) is 8.42 Å². The van der Waals surface area contributed by atoms with E-state index in [0.29, 0.717) is 41.1 Å². The van der Waals surface area contributed by atoms with E-state index in [4.69, 9.17) is 0 Å². The number of nitrogens with zero attached hydrogens (tertiary/aromatic N) is 1. The second-order valence-corrected chi connectivity index (χ2v) is 9.91. The van der Waals surface area contributed by atoms with E-state index in [1.165, 1.54) is 12.8 Å². The minimum Gasteiger partial charge on any atom is -0.363 e. The van der Waals surface area contributed by atoms with Crippen LogP contribution >= 0.6 is 11.8 Å². The molecule has 5 nitrogen and oxygen atoms in total. The van der Waals surface area contributed by atoms with Crippen LogP contribution in [0.25, 0.3) is 0 Å². The Labute approximate surface area is 130 Å². The van der Waals surface area contributed by atoms with Crippen molar-refractivity contribution in [3.8, 4) is 0 Å². The lowest BCUT2D eigenvalue weighted by molar-refractivity contribution is 0.405. The first-order chi connectivity index (χ1) is 9.95. The molecule has 3 rings (SSSR count). The lowest BCUT2D eigenvalue weighted by Gasteiger charge is -2.33. The Kier molecular flexibility index (Phi) is 4.36. The number of sulfonamides is 1. The van der Waals surface area contributed by atoms with Gasteiger partial charge in [-0.1, -0.05) is 13.8 Å². The van der Waals surface area contributed by atoms with Crippen molar-refractivity contribution in [2.24, 2.45) is 0 Å². The molecule has 2 atom stereocenters. The second-order valence-electron chi connectivity index (χ2n) is 6.10. The monoisotopic (exact) mass is 329 g/mol. The molecule has 1 aromatic rings. The number of aromatic nitrogens is 1. The minimum atomic E-state index is -3.37. The van der Waals surface area contributed by atoms with E-state index in [-0.39, 0.29) is 0 Å². The molecular weight excluding hydrogens is 306 g/mol. The molecule has 2 fully saturated rings. The van der Waals surface area contributed by atoms with E-state index in [1.807, 2.05) is 11.8 Å². The van der Waals surface area contributed by atoms with Crippen LogP contribution in [0.15, 0.2) is 17.2 Å². The average molecular weight is 329 g/mol. The summed E-state index contributed by atoms with van der Waals surface area (Å²) in [5.74, 6) is 0. The standard InChI is InChI=1S/C14H23N3O2S2/c1-10-8-17(9-11(2)20-10)21(18,19)14-5-13(16-7-14)6-15-12-3-4-12/h5,7,10-12,15-16H,3-4,6,8-9H2,1-2H3. The summed E-state index contributed by atoms with van der Waals surface area (Å²) in [5, 5.41) is 4.08. The maximum absolute atomic E-state index is 12.7. The van der Waals surface area contributed by atoms with Gasteiger partial charge in [-0.05, 0) is 18.9 Å². The molecule has 7 heteroatoms. The lowest BCUT2D eigenvalue weighted by atomic mass is 10.4. The molecule has 2 heterocycles. The molecule has 21 heavy (non-hydrogen) atoms. The number of H-pyrrole nitrogens is 1. The molecule has 0 aromatic carbocycles. The molecule has 0 bridgehead atoms. The van der Waals surface area contributed by atoms with Crippen LogP contribution in [-0.4, -0.2) is 47.3 Å². The van der Waals surface area contributed by atoms with E-state index in [1.54, 1.807) is 16.6 Å². The van der Waals surface area contributed by atoms with Crippen molar-refractivity contribution >= 4 is 21.8 Å². The summed E-state index contributed by atoms with van der Waals surface area (Å²) >= 11 is 1.86. The highest BCUT2D eigenvalue weighted by Crippen LogP contribution is 2.29. The van der Waals surface area contributed by atoms with Crippen LogP contribution < -0.4 is 5.32 Å². The van der Waals surface area contributed by atoms with E-state index < -0.39 is 10.0 Å². The predicted octanol–water partition coefficient (Wildman–Crippen LogP) is 1.78. The first kappa shape index (κ1) is 15.4. The van der Waals surface area contributed by atoms with E-state index in [0.717, 1.165) is 5.69 Å². The fourth-order valence-electron chi connectivity index (χ4n) is 2.69. The number of thioether (sulfide) groups is 1. The number of rotatable bonds is 5. The summed E-state index contributed by atoms with van der Waals surface area (Å²) in [6.07, 6.45) is 4.08. The largest absolute Gasteiger partial charge is 0.363 e.